The maximum absolute atomic E-state index is 12.6. The van der Waals surface area contributed by atoms with Gasteiger partial charge in [0, 0.05) is 5.56 Å². The molecule has 0 bridgehead atoms. The summed E-state index contributed by atoms with van der Waals surface area (Å²) < 4.78 is 48.1. The van der Waals surface area contributed by atoms with E-state index in [1.165, 1.54) is 63.6 Å². The lowest BCUT2D eigenvalue weighted by atomic mass is 9.97. The molecule has 47 heavy (non-hydrogen) atoms. The second kappa shape index (κ2) is 23.0. The van der Waals surface area contributed by atoms with E-state index >= 15 is 0 Å². The standard InChI is InChI=1S/C17H21F3O.C11H12N2O6.C7H14/c1-13-6-4-8-14(13)7-2-3-11-21-16-10-5-9-15(12-16)17(18,19)20;1-8(12-7-14)11(15)19-10-5-3-2-4-9(10)6-18-13(16)17;1-3-5-7-6-4-2/h2,5,7,9-10,12-14H,3-4,6,8,11H2,1H3;2-5,7-8H,6H2,1H3,(H,12,14);3,5H,4,6-7H2,1-2H3/b7-2+;;5-3-. The summed E-state index contributed by atoms with van der Waals surface area (Å²) in [7, 11) is 0. The fourth-order valence-electron chi connectivity index (χ4n) is 4.44. The molecule has 12 heteroatoms. The molecule has 2 aromatic carbocycles. The van der Waals surface area contributed by atoms with Gasteiger partial charge >= 0.3 is 12.1 Å². The van der Waals surface area contributed by atoms with Gasteiger partial charge in [-0.3, -0.25) is 4.79 Å². The Kier molecular flexibility index (Phi) is 19.9. The zero-order valence-corrected chi connectivity index (χ0v) is 27.5. The number of rotatable bonds is 15. The number of hydrogen-bond acceptors (Lipinski definition) is 7. The van der Waals surface area contributed by atoms with Crippen LogP contribution < -0.4 is 14.8 Å². The van der Waals surface area contributed by atoms with E-state index in [9.17, 15) is 32.9 Å². The summed E-state index contributed by atoms with van der Waals surface area (Å²) >= 11 is 0. The third-order valence-corrected chi connectivity index (χ3v) is 7.17. The number of nitrogens with one attached hydrogen (secondary N) is 1. The van der Waals surface area contributed by atoms with Crippen molar-refractivity contribution in [3.8, 4) is 11.5 Å². The van der Waals surface area contributed by atoms with Gasteiger partial charge in [0.05, 0.1) is 12.2 Å². The molecule has 260 valence electrons. The molecule has 3 unspecified atom stereocenters. The van der Waals surface area contributed by atoms with Crippen molar-refractivity contribution in [1.82, 2.24) is 5.32 Å². The Morgan fingerprint density at radius 2 is 1.87 bits per heavy atom. The van der Waals surface area contributed by atoms with Crippen LogP contribution >= 0.6 is 0 Å². The third kappa shape index (κ3) is 17.8. The van der Waals surface area contributed by atoms with Gasteiger partial charge in [-0.25, -0.2) is 4.79 Å². The number of esters is 1. The summed E-state index contributed by atoms with van der Waals surface area (Å²) in [6.07, 6.45) is 13.1. The quantitative estimate of drug-likeness (QED) is 0.0385. The lowest BCUT2D eigenvalue weighted by Crippen LogP contribution is -2.36. The molecule has 0 spiro atoms. The topological polar surface area (TPSA) is 117 Å². The Bertz CT molecular complexity index is 1270. The molecule has 0 radical (unpaired) electrons. The van der Waals surface area contributed by atoms with Crippen LogP contribution in [0.1, 0.15) is 83.8 Å². The molecule has 1 aliphatic carbocycles. The van der Waals surface area contributed by atoms with E-state index in [0.717, 1.165) is 24.5 Å². The fourth-order valence-corrected chi connectivity index (χ4v) is 4.44. The number of nitrogens with zero attached hydrogens (tertiary/aromatic N) is 1. The number of alkyl halides is 3. The van der Waals surface area contributed by atoms with Crippen LogP contribution in [0, 0.1) is 22.0 Å². The lowest BCUT2D eigenvalue weighted by Gasteiger charge is -2.12. The van der Waals surface area contributed by atoms with Crippen LogP contribution in [0.4, 0.5) is 13.2 Å². The average Bonchev–Trinajstić information content (AvgIpc) is 3.45. The number of ether oxygens (including phenoxy) is 2. The number of carbonyl (C=O) groups is 2. The SMILES string of the molecule is C/C=C\CCCC.CC(NC=O)C(=O)Oc1ccccc1CO[N+](=O)[O-].CC1CCCC1/C=C/CCOc1cccc(C(F)(F)F)c1. The zero-order valence-electron chi connectivity index (χ0n) is 27.5. The van der Waals surface area contributed by atoms with E-state index in [1.54, 1.807) is 18.2 Å². The summed E-state index contributed by atoms with van der Waals surface area (Å²) in [6.45, 7) is 8.07. The monoisotopic (exact) mass is 664 g/mol. The van der Waals surface area contributed by atoms with Crippen molar-refractivity contribution < 1.29 is 42.2 Å². The van der Waals surface area contributed by atoms with Crippen LogP contribution in [0.2, 0.25) is 0 Å². The van der Waals surface area contributed by atoms with Crippen molar-refractivity contribution in [3.05, 3.63) is 94.1 Å². The molecule has 1 aliphatic rings. The smallest absolute Gasteiger partial charge is 0.416 e. The van der Waals surface area contributed by atoms with Crippen LogP contribution in [-0.4, -0.2) is 30.1 Å². The maximum atomic E-state index is 12.6. The van der Waals surface area contributed by atoms with Crippen molar-refractivity contribution in [2.45, 2.75) is 91.5 Å². The van der Waals surface area contributed by atoms with Crippen LogP contribution in [0.25, 0.3) is 0 Å². The number of benzene rings is 2. The van der Waals surface area contributed by atoms with Crippen LogP contribution in [-0.2, 0) is 27.2 Å². The summed E-state index contributed by atoms with van der Waals surface area (Å²) in [5.41, 5.74) is -0.318. The number of allylic oxidation sites excluding steroid dienone is 3. The van der Waals surface area contributed by atoms with Crippen molar-refractivity contribution in [2.75, 3.05) is 6.61 Å². The molecule has 0 aromatic heterocycles. The Labute approximate surface area is 275 Å². The maximum Gasteiger partial charge on any atom is 0.416 e. The predicted octanol–water partition coefficient (Wildman–Crippen LogP) is 8.65. The molecule has 3 atom stereocenters. The van der Waals surface area contributed by atoms with E-state index in [2.05, 4.69) is 55.2 Å². The van der Waals surface area contributed by atoms with E-state index in [-0.39, 0.29) is 18.1 Å². The van der Waals surface area contributed by atoms with E-state index in [0.29, 0.717) is 24.5 Å². The molecule has 1 saturated carbocycles. The zero-order chi connectivity index (χ0) is 35.1. The Morgan fingerprint density at radius 1 is 1.13 bits per heavy atom. The molecule has 2 aromatic rings. The minimum atomic E-state index is -4.32. The van der Waals surface area contributed by atoms with Gasteiger partial charge in [-0.1, -0.05) is 88.1 Å². The molecule has 0 heterocycles. The first-order valence-electron chi connectivity index (χ1n) is 15.8. The number of halogens is 3. The molecule has 1 N–H and O–H groups in total. The highest BCUT2D eigenvalue weighted by molar-refractivity contribution is 5.80. The highest BCUT2D eigenvalue weighted by Gasteiger charge is 2.30. The molecule has 9 nitrogen and oxygen atoms in total. The molecule has 1 amide bonds. The molecular formula is C35H47F3N2O7. The summed E-state index contributed by atoms with van der Waals surface area (Å²) in [6, 6.07) is 10.4. The molecule has 0 aliphatic heterocycles. The Morgan fingerprint density at radius 3 is 2.49 bits per heavy atom. The number of amides is 1. The van der Waals surface area contributed by atoms with Gasteiger partial charge in [0.15, 0.2) is 0 Å². The van der Waals surface area contributed by atoms with E-state index < -0.39 is 28.8 Å². The van der Waals surface area contributed by atoms with E-state index in [1.807, 2.05) is 0 Å². The Hall–Kier alpha value is -4.35. The lowest BCUT2D eigenvalue weighted by molar-refractivity contribution is -0.763. The minimum absolute atomic E-state index is 0.147. The van der Waals surface area contributed by atoms with Crippen molar-refractivity contribution in [3.63, 3.8) is 0 Å². The first kappa shape index (κ1) is 40.7. The number of para-hydroxylation sites is 1. The highest BCUT2D eigenvalue weighted by Crippen LogP contribution is 2.32. The predicted molar refractivity (Wildman–Crippen MR) is 174 cm³/mol. The first-order chi connectivity index (χ1) is 22.4. The van der Waals surface area contributed by atoms with Gasteiger partial charge in [0.1, 0.15) is 24.1 Å². The fraction of sp³-hybridized carbons (Fsp3) is 0.486. The van der Waals surface area contributed by atoms with Gasteiger partial charge in [-0.2, -0.15) is 13.2 Å². The number of hydrogen-bond donors (Lipinski definition) is 1. The molecule has 1 fully saturated rings. The summed E-state index contributed by atoms with van der Waals surface area (Å²) in [5.74, 6) is 1.13. The van der Waals surface area contributed by atoms with Crippen LogP contribution in [0.3, 0.4) is 0 Å². The number of carbonyl (C=O) groups excluding carboxylic acids is 2. The molecular weight excluding hydrogens is 617 g/mol. The molecule has 0 saturated heterocycles. The normalized spacial score (nSPS) is 16.3. The van der Waals surface area contributed by atoms with Gasteiger partial charge in [-0.05, 0) is 69.2 Å². The van der Waals surface area contributed by atoms with Gasteiger partial charge in [0.2, 0.25) is 6.41 Å². The van der Waals surface area contributed by atoms with Gasteiger partial charge < -0.3 is 19.6 Å². The Balaban J connectivity index is 0.000000394. The summed E-state index contributed by atoms with van der Waals surface area (Å²) in [4.78, 5) is 36.1. The van der Waals surface area contributed by atoms with Crippen LogP contribution in [0.5, 0.6) is 11.5 Å². The molecule has 3 rings (SSSR count). The second-order valence-electron chi connectivity index (χ2n) is 10.9. The van der Waals surface area contributed by atoms with Crippen LogP contribution in [0.15, 0.2) is 72.8 Å². The van der Waals surface area contributed by atoms with Crippen molar-refractivity contribution in [1.29, 1.82) is 0 Å². The van der Waals surface area contributed by atoms with Crippen molar-refractivity contribution >= 4 is 12.4 Å². The second-order valence-corrected chi connectivity index (χ2v) is 10.9. The van der Waals surface area contributed by atoms with Gasteiger partial charge in [-0.15, -0.1) is 10.1 Å². The largest absolute Gasteiger partial charge is 0.493 e. The highest BCUT2D eigenvalue weighted by atomic mass is 19.4. The van der Waals surface area contributed by atoms with Gasteiger partial charge in [0.25, 0.3) is 5.09 Å². The minimum Gasteiger partial charge on any atom is -0.493 e. The summed E-state index contributed by atoms with van der Waals surface area (Å²) in [5, 5.41) is 11.4. The number of unbranched alkanes of at least 4 members (excludes halogenated alkanes) is 2. The third-order valence-electron chi connectivity index (χ3n) is 7.17. The van der Waals surface area contributed by atoms with Crippen molar-refractivity contribution in [2.24, 2.45) is 11.8 Å². The average molecular weight is 665 g/mol. The van der Waals surface area contributed by atoms with E-state index in [4.69, 9.17) is 9.47 Å². The first-order valence-corrected chi connectivity index (χ1v) is 15.8.